The van der Waals surface area contributed by atoms with Crippen molar-refractivity contribution in [2.45, 2.75) is 19.0 Å². The molecule has 0 spiro atoms. The highest BCUT2D eigenvalue weighted by Gasteiger charge is 2.41. The van der Waals surface area contributed by atoms with Crippen molar-refractivity contribution < 1.29 is 0 Å². The van der Waals surface area contributed by atoms with Crippen molar-refractivity contribution in [2.75, 3.05) is 27.2 Å². The second-order valence-corrected chi connectivity index (χ2v) is 8.15. The first-order valence-electron chi connectivity index (χ1n) is 9.91. The van der Waals surface area contributed by atoms with Crippen LogP contribution in [0.5, 0.6) is 0 Å². The molecule has 0 saturated carbocycles. The predicted octanol–water partition coefficient (Wildman–Crippen LogP) is 3.71. The minimum atomic E-state index is 0.00400. The van der Waals surface area contributed by atoms with E-state index in [0.717, 1.165) is 29.6 Å². The molecule has 1 aromatic carbocycles. The van der Waals surface area contributed by atoms with E-state index in [2.05, 4.69) is 94.3 Å². The lowest BCUT2D eigenvalue weighted by molar-refractivity contribution is 0.272. The van der Waals surface area contributed by atoms with Crippen LogP contribution >= 0.6 is 12.2 Å². The van der Waals surface area contributed by atoms with Crippen LogP contribution in [0.2, 0.25) is 0 Å². The fourth-order valence-corrected chi connectivity index (χ4v) is 4.26. The van der Waals surface area contributed by atoms with Gasteiger partial charge in [0.15, 0.2) is 5.11 Å². The van der Waals surface area contributed by atoms with Gasteiger partial charge in [0.2, 0.25) is 0 Å². The lowest BCUT2D eigenvalue weighted by Gasteiger charge is -2.29. The summed E-state index contributed by atoms with van der Waals surface area (Å²) in [4.78, 5) is 9.12. The van der Waals surface area contributed by atoms with Crippen LogP contribution in [0.25, 0.3) is 5.69 Å². The molecule has 2 aromatic heterocycles. The lowest BCUT2D eigenvalue weighted by Crippen LogP contribution is -2.36. The number of rotatable bonds is 6. The summed E-state index contributed by atoms with van der Waals surface area (Å²) >= 11 is 5.76. The molecular formula is C23H27N5S. The van der Waals surface area contributed by atoms with Gasteiger partial charge in [0.25, 0.3) is 0 Å². The third-order valence-electron chi connectivity index (χ3n) is 5.35. The van der Waals surface area contributed by atoms with Crippen molar-refractivity contribution in [3.8, 4) is 5.69 Å². The number of aryl methyl sites for hydroxylation is 1. The Hall–Kier alpha value is -2.70. The van der Waals surface area contributed by atoms with Gasteiger partial charge in [0.1, 0.15) is 0 Å². The third kappa shape index (κ3) is 4.04. The van der Waals surface area contributed by atoms with Gasteiger partial charge in [-0.1, -0.05) is 18.2 Å². The highest BCUT2D eigenvalue weighted by Crippen LogP contribution is 2.39. The minimum Gasteiger partial charge on any atom is -0.352 e. The molecule has 150 valence electrons. The van der Waals surface area contributed by atoms with Gasteiger partial charge in [-0.15, -0.1) is 0 Å². The number of pyridine rings is 1. The first-order chi connectivity index (χ1) is 14.0. The summed E-state index contributed by atoms with van der Waals surface area (Å²) in [7, 11) is 4.18. The number of aromatic nitrogens is 2. The highest BCUT2D eigenvalue weighted by molar-refractivity contribution is 7.80. The molecule has 1 aliphatic rings. The average molecular weight is 406 g/mol. The van der Waals surface area contributed by atoms with Crippen molar-refractivity contribution in [3.63, 3.8) is 0 Å². The number of likely N-dealkylation sites (N-methyl/N-ethyl adjacent to an activating group) is 1. The molecule has 4 rings (SSSR count). The second-order valence-electron chi connectivity index (χ2n) is 7.77. The Morgan fingerprint density at radius 2 is 1.97 bits per heavy atom. The summed E-state index contributed by atoms with van der Waals surface area (Å²) in [6.07, 6.45) is 3.98. The van der Waals surface area contributed by atoms with Gasteiger partial charge in [-0.3, -0.25) is 4.98 Å². The fraction of sp³-hybridized carbons (Fsp3) is 0.304. The van der Waals surface area contributed by atoms with Gasteiger partial charge in [0.05, 0.1) is 17.8 Å². The Morgan fingerprint density at radius 1 is 1.10 bits per heavy atom. The van der Waals surface area contributed by atoms with E-state index in [1.165, 1.54) is 11.3 Å². The molecule has 1 fully saturated rings. The first-order valence-corrected chi connectivity index (χ1v) is 10.3. The maximum absolute atomic E-state index is 5.76. The Morgan fingerprint density at radius 3 is 2.69 bits per heavy atom. The Labute approximate surface area is 178 Å². The van der Waals surface area contributed by atoms with E-state index >= 15 is 0 Å². The molecular weight excluding hydrogens is 378 g/mol. The second kappa shape index (κ2) is 8.35. The molecule has 3 heterocycles. The van der Waals surface area contributed by atoms with Crippen LogP contribution < -0.4 is 5.32 Å². The number of nitrogens with zero attached hydrogens (tertiary/aromatic N) is 4. The summed E-state index contributed by atoms with van der Waals surface area (Å²) in [6, 6.07) is 19.0. The molecule has 6 heteroatoms. The summed E-state index contributed by atoms with van der Waals surface area (Å²) < 4.78 is 2.27. The molecule has 0 amide bonds. The smallest absolute Gasteiger partial charge is 0.170 e. The summed E-state index contributed by atoms with van der Waals surface area (Å²) in [5, 5.41) is 4.32. The zero-order chi connectivity index (χ0) is 20.4. The maximum atomic E-state index is 5.76. The minimum absolute atomic E-state index is 0.00400. The fourth-order valence-electron chi connectivity index (χ4n) is 3.92. The number of nitrogens with one attached hydrogen (secondary N) is 1. The van der Waals surface area contributed by atoms with Crippen LogP contribution in [-0.4, -0.2) is 51.6 Å². The van der Waals surface area contributed by atoms with E-state index in [4.69, 9.17) is 12.2 Å². The van der Waals surface area contributed by atoms with Crippen LogP contribution in [0.1, 0.15) is 29.0 Å². The zero-order valence-corrected chi connectivity index (χ0v) is 17.9. The predicted molar refractivity (Wildman–Crippen MR) is 121 cm³/mol. The largest absolute Gasteiger partial charge is 0.352 e. The average Bonchev–Trinajstić information content (AvgIpc) is 3.31. The van der Waals surface area contributed by atoms with Gasteiger partial charge in [0, 0.05) is 36.9 Å². The summed E-state index contributed by atoms with van der Waals surface area (Å²) in [6.45, 7) is 3.91. The molecule has 1 saturated heterocycles. The van der Waals surface area contributed by atoms with Gasteiger partial charge in [-0.25, -0.2) is 0 Å². The molecule has 2 atom stereocenters. The lowest BCUT2D eigenvalue weighted by atomic mass is 10.0. The molecule has 5 nitrogen and oxygen atoms in total. The Bertz CT molecular complexity index is 982. The van der Waals surface area contributed by atoms with Gasteiger partial charge in [-0.2, -0.15) is 0 Å². The normalized spacial score (nSPS) is 19.0. The van der Waals surface area contributed by atoms with Crippen LogP contribution in [-0.2, 0) is 0 Å². The van der Waals surface area contributed by atoms with Crippen molar-refractivity contribution in [1.29, 1.82) is 0 Å². The topological polar surface area (TPSA) is 36.3 Å². The van der Waals surface area contributed by atoms with E-state index in [0.29, 0.717) is 0 Å². The van der Waals surface area contributed by atoms with Crippen LogP contribution in [0.3, 0.4) is 0 Å². The number of hydrogen-bond donors (Lipinski definition) is 1. The van der Waals surface area contributed by atoms with Crippen molar-refractivity contribution in [1.82, 2.24) is 24.7 Å². The summed E-state index contributed by atoms with van der Waals surface area (Å²) in [5.41, 5.74) is 4.62. The van der Waals surface area contributed by atoms with Crippen LogP contribution in [0, 0.1) is 6.92 Å². The van der Waals surface area contributed by atoms with E-state index in [-0.39, 0.29) is 12.1 Å². The zero-order valence-electron chi connectivity index (χ0n) is 17.1. The molecule has 1 N–H and O–H groups in total. The Kier molecular flexibility index (Phi) is 5.65. The van der Waals surface area contributed by atoms with Crippen molar-refractivity contribution in [2.24, 2.45) is 0 Å². The molecule has 0 bridgehead atoms. The summed E-state index contributed by atoms with van der Waals surface area (Å²) in [5.74, 6) is 0. The van der Waals surface area contributed by atoms with Crippen LogP contribution in [0.15, 0.2) is 67.0 Å². The maximum Gasteiger partial charge on any atom is 0.170 e. The number of benzene rings is 1. The molecule has 0 radical (unpaired) electrons. The van der Waals surface area contributed by atoms with E-state index in [1.54, 1.807) is 0 Å². The van der Waals surface area contributed by atoms with Crippen LogP contribution in [0.4, 0.5) is 0 Å². The first kappa shape index (κ1) is 19.6. The van der Waals surface area contributed by atoms with E-state index in [1.807, 2.05) is 18.3 Å². The van der Waals surface area contributed by atoms with E-state index in [9.17, 15) is 0 Å². The highest BCUT2D eigenvalue weighted by atomic mass is 32.1. The van der Waals surface area contributed by atoms with Gasteiger partial charge < -0.3 is 19.7 Å². The third-order valence-corrected chi connectivity index (χ3v) is 5.70. The molecule has 3 aromatic rings. The SMILES string of the molecule is Cc1cccc(-n2cccc2[C@@H]2[C@@H](c3ccccn3)NC(=S)N2CCN(C)C)c1. The molecule has 0 unspecified atom stereocenters. The van der Waals surface area contributed by atoms with Gasteiger partial charge >= 0.3 is 0 Å². The Balaban J connectivity index is 1.78. The monoisotopic (exact) mass is 405 g/mol. The molecule has 1 aliphatic heterocycles. The van der Waals surface area contributed by atoms with Crippen molar-refractivity contribution >= 4 is 17.3 Å². The number of thiocarbonyl (C=S) groups is 1. The van der Waals surface area contributed by atoms with Gasteiger partial charge in [-0.05, 0) is 75.2 Å². The molecule has 29 heavy (non-hydrogen) atoms. The molecule has 0 aliphatic carbocycles. The van der Waals surface area contributed by atoms with E-state index < -0.39 is 0 Å². The quantitative estimate of drug-likeness (QED) is 0.633. The standard InChI is InChI=1S/C23H27N5S/c1-17-8-6-9-18(16-17)27-13-7-11-20(27)22-21(19-10-4-5-12-24-19)25-23(29)28(22)15-14-26(2)3/h4-13,16,21-22H,14-15H2,1-3H3,(H,25,29)/t21-,22-/m1/s1. The van der Waals surface area contributed by atoms with Crippen molar-refractivity contribution in [3.05, 3.63) is 83.9 Å². The number of hydrogen-bond acceptors (Lipinski definition) is 3.